The maximum atomic E-state index is 13.7. The zero-order valence-corrected chi connectivity index (χ0v) is 18.3. The minimum absolute atomic E-state index is 0.105. The Hall–Kier alpha value is -1.15. The van der Waals surface area contributed by atoms with E-state index < -0.39 is 57.2 Å². The summed E-state index contributed by atoms with van der Waals surface area (Å²) >= 11 is -0.556. The molecule has 10 heteroatoms. The van der Waals surface area contributed by atoms with Crippen LogP contribution in [0.25, 0.3) is 0 Å². The van der Waals surface area contributed by atoms with Crippen LogP contribution in [0.4, 0.5) is 27.6 Å². The van der Waals surface area contributed by atoms with Gasteiger partial charge >= 0.3 is 35.6 Å². The number of halogens is 7. The van der Waals surface area contributed by atoms with Crippen molar-refractivity contribution in [3.63, 3.8) is 0 Å². The molecule has 0 atom stereocenters. The third kappa shape index (κ3) is 5.69. The average Bonchev–Trinajstić information content (AvgIpc) is 2.60. The van der Waals surface area contributed by atoms with E-state index in [2.05, 4.69) is 4.99 Å². The maximum absolute atomic E-state index is 13.7. The Labute approximate surface area is 176 Å². The van der Waals surface area contributed by atoms with E-state index in [1.54, 1.807) is 13.0 Å². The van der Waals surface area contributed by atoms with Crippen molar-refractivity contribution in [2.45, 2.75) is 33.1 Å². The molecule has 0 aliphatic rings. The van der Waals surface area contributed by atoms with Gasteiger partial charge in [0.15, 0.2) is 23.3 Å². The van der Waals surface area contributed by atoms with Gasteiger partial charge in [-0.15, -0.1) is 0 Å². The van der Waals surface area contributed by atoms with Crippen molar-refractivity contribution >= 4 is 30.5 Å². The van der Waals surface area contributed by atoms with Gasteiger partial charge in [0.1, 0.15) is 11.4 Å². The summed E-state index contributed by atoms with van der Waals surface area (Å²) in [6.07, 6.45) is 0.871. The molecule has 0 radical (unpaired) electrons. The SMILES string of the molecule is Cc1cc(C=Nc2c(F)c(F)c(F)c(F)c2F)c(O)c(C(C)(C)C)c1.[Cl][Ti][Cl]. The second-order valence-electron chi connectivity index (χ2n) is 6.75. The molecule has 0 bridgehead atoms. The van der Waals surface area contributed by atoms with E-state index in [9.17, 15) is 27.1 Å². The summed E-state index contributed by atoms with van der Waals surface area (Å²) in [6, 6.07) is 3.23. The van der Waals surface area contributed by atoms with Crippen LogP contribution in [0.5, 0.6) is 5.75 Å². The molecule has 2 aromatic rings. The average molecular weight is 476 g/mol. The number of nitrogens with zero attached hydrogens (tertiary/aromatic N) is 1. The Morgan fingerprint density at radius 2 is 1.36 bits per heavy atom. The summed E-state index contributed by atoms with van der Waals surface area (Å²) in [5, 5.41) is 10.3. The molecule has 0 amide bonds. The molecule has 0 saturated heterocycles. The van der Waals surface area contributed by atoms with E-state index in [0.29, 0.717) is 5.56 Å². The first kappa shape index (κ1) is 24.9. The zero-order chi connectivity index (χ0) is 21.8. The predicted octanol–water partition coefficient (Wildman–Crippen LogP) is 6.82. The molecule has 2 nitrogen and oxygen atoms in total. The van der Waals surface area contributed by atoms with Crippen LogP contribution >= 0.6 is 18.6 Å². The van der Waals surface area contributed by atoms with Gasteiger partial charge in [-0.3, -0.25) is 0 Å². The predicted molar refractivity (Wildman–Crippen MR) is 96.7 cm³/mol. The van der Waals surface area contributed by atoms with Crippen molar-refractivity contribution in [1.29, 1.82) is 0 Å². The van der Waals surface area contributed by atoms with E-state index in [0.717, 1.165) is 11.8 Å². The number of benzene rings is 2. The topological polar surface area (TPSA) is 32.6 Å². The van der Waals surface area contributed by atoms with Crippen LogP contribution in [0, 0.1) is 36.0 Å². The fourth-order valence-electron chi connectivity index (χ4n) is 2.32. The Morgan fingerprint density at radius 3 is 1.79 bits per heavy atom. The van der Waals surface area contributed by atoms with Crippen molar-refractivity contribution in [2.24, 2.45) is 4.99 Å². The van der Waals surface area contributed by atoms with E-state index in [4.69, 9.17) is 18.6 Å². The van der Waals surface area contributed by atoms with Crippen molar-refractivity contribution in [1.82, 2.24) is 0 Å². The van der Waals surface area contributed by atoms with Gasteiger partial charge in [0.2, 0.25) is 5.82 Å². The van der Waals surface area contributed by atoms with Crippen LogP contribution in [0.3, 0.4) is 0 Å². The first-order valence-corrected chi connectivity index (χ1v) is 12.0. The number of aromatic hydroxyl groups is 1. The molecule has 0 heterocycles. The van der Waals surface area contributed by atoms with Gasteiger partial charge in [-0.05, 0) is 24.0 Å². The first-order chi connectivity index (χ1) is 12.9. The van der Waals surface area contributed by atoms with Gasteiger partial charge in [0.05, 0.1) is 0 Å². The second kappa shape index (κ2) is 10.1. The van der Waals surface area contributed by atoms with Crippen LogP contribution < -0.4 is 0 Å². The molecule has 2 aromatic carbocycles. The molecule has 0 fully saturated rings. The van der Waals surface area contributed by atoms with Crippen LogP contribution in [0.1, 0.15) is 37.5 Å². The summed E-state index contributed by atoms with van der Waals surface area (Å²) in [5.41, 5.74) is -0.333. The van der Waals surface area contributed by atoms with Crippen molar-refractivity contribution < 1.29 is 44.1 Å². The Morgan fingerprint density at radius 1 is 0.929 bits per heavy atom. The molecule has 0 spiro atoms. The fraction of sp³-hybridized carbons (Fsp3) is 0.278. The zero-order valence-electron chi connectivity index (χ0n) is 15.3. The minimum atomic E-state index is -2.25. The molecular weight excluding hydrogens is 460 g/mol. The molecule has 152 valence electrons. The van der Waals surface area contributed by atoms with Gasteiger partial charge in [-0.2, -0.15) is 0 Å². The molecule has 0 unspecified atom stereocenters. The van der Waals surface area contributed by atoms with Crippen LogP contribution in [0.2, 0.25) is 0 Å². The number of phenols is 1. The summed E-state index contributed by atoms with van der Waals surface area (Å²) in [6.45, 7) is 7.30. The van der Waals surface area contributed by atoms with Gasteiger partial charge in [0.25, 0.3) is 0 Å². The third-order valence-electron chi connectivity index (χ3n) is 3.61. The monoisotopic (exact) mass is 475 g/mol. The summed E-state index contributed by atoms with van der Waals surface area (Å²) in [4.78, 5) is 3.38. The van der Waals surface area contributed by atoms with Gasteiger partial charge in [-0.1, -0.05) is 26.8 Å². The van der Waals surface area contributed by atoms with Crippen molar-refractivity contribution in [2.75, 3.05) is 0 Å². The Bertz CT molecular complexity index is 872. The van der Waals surface area contributed by atoms with E-state index in [1.165, 1.54) is 6.07 Å². The molecule has 0 saturated carbocycles. The van der Waals surface area contributed by atoms with Crippen LogP contribution in [0.15, 0.2) is 17.1 Å². The molecule has 1 N–H and O–H groups in total. The Kier molecular flexibility index (Phi) is 8.94. The molecular formula is C18H16Cl2F5NOTi. The number of phenolic OH excluding ortho intramolecular Hbond substituents is 1. The molecule has 2 rings (SSSR count). The number of aryl methyl sites for hydroxylation is 1. The van der Waals surface area contributed by atoms with Crippen LogP contribution in [-0.2, 0) is 22.4 Å². The molecule has 0 aromatic heterocycles. The van der Waals surface area contributed by atoms with Gasteiger partial charge in [-0.25, -0.2) is 26.9 Å². The molecule has 0 aliphatic carbocycles. The van der Waals surface area contributed by atoms with Crippen molar-refractivity contribution in [3.8, 4) is 5.75 Å². The normalized spacial score (nSPS) is 11.4. The molecule has 28 heavy (non-hydrogen) atoms. The standard InChI is InChI=1S/C18H16F5NO.2ClH.Ti/c1-8-5-9(17(25)10(6-8)18(2,3)4)7-24-16-14(22)12(20)11(19)13(21)15(16)23;;;/h5-7,25H,1-4H3;2*1H;/q;;;+2/p-2. The molecule has 0 aliphatic heterocycles. The van der Waals surface area contributed by atoms with Crippen LogP contribution in [-0.4, -0.2) is 11.3 Å². The van der Waals surface area contributed by atoms with Gasteiger partial charge < -0.3 is 5.11 Å². The van der Waals surface area contributed by atoms with Gasteiger partial charge in [0, 0.05) is 17.3 Å². The van der Waals surface area contributed by atoms with E-state index in [-0.39, 0.29) is 11.3 Å². The number of rotatable bonds is 2. The quantitative estimate of drug-likeness (QED) is 0.167. The fourth-order valence-corrected chi connectivity index (χ4v) is 2.32. The first-order valence-electron chi connectivity index (χ1n) is 7.72. The number of hydrogen-bond donors (Lipinski definition) is 1. The Balaban J connectivity index is 0.00000122. The number of aliphatic imine (C=N–C) groups is 1. The third-order valence-corrected chi connectivity index (χ3v) is 3.61. The summed E-state index contributed by atoms with van der Waals surface area (Å²) in [7, 11) is 9.78. The number of hydrogen-bond acceptors (Lipinski definition) is 2. The van der Waals surface area contributed by atoms with E-state index >= 15 is 0 Å². The summed E-state index contributed by atoms with van der Waals surface area (Å²) < 4.78 is 66.8. The second-order valence-corrected chi connectivity index (χ2v) is 9.33. The van der Waals surface area contributed by atoms with Crippen molar-refractivity contribution in [3.05, 3.63) is 57.9 Å². The van der Waals surface area contributed by atoms with E-state index in [1.807, 2.05) is 20.8 Å². The summed E-state index contributed by atoms with van der Waals surface area (Å²) in [5.74, 6) is -10.6.